The van der Waals surface area contributed by atoms with E-state index >= 15 is 0 Å². The maximum atomic E-state index is 13.9. The number of fused-ring (bicyclic) bond motifs is 1. The molecule has 9 heteroatoms. The van der Waals surface area contributed by atoms with Crippen molar-refractivity contribution in [1.29, 1.82) is 0 Å². The highest BCUT2D eigenvalue weighted by atomic mass is 35.5. The van der Waals surface area contributed by atoms with Gasteiger partial charge in [0.1, 0.15) is 18.1 Å². The number of carbonyl (C=O) groups is 2. The molecule has 0 N–H and O–H groups in total. The molecule has 212 valence electrons. The summed E-state index contributed by atoms with van der Waals surface area (Å²) in [7, 11) is 1.63. The lowest BCUT2D eigenvalue weighted by Gasteiger charge is -2.32. The van der Waals surface area contributed by atoms with E-state index in [1.54, 1.807) is 23.8 Å². The summed E-state index contributed by atoms with van der Waals surface area (Å²) < 4.78 is 7.22. The first-order chi connectivity index (χ1) is 19.1. The third-order valence-electron chi connectivity index (χ3n) is 7.70. The minimum Gasteiger partial charge on any atom is -0.497 e. The first-order valence-electron chi connectivity index (χ1n) is 13.8. The second-order valence-electron chi connectivity index (χ2n) is 11.7. The smallest absolute Gasteiger partial charge is 0.242 e. The monoisotopic (exact) mass is 580 g/mol. The fraction of sp³-hybridized carbons (Fsp3) is 0.452. The van der Waals surface area contributed by atoms with Crippen molar-refractivity contribution < 1.29 is 14.3 Å². The number of hydrogen-bond donors (Lipinski definition) is 0. The number of aromatic nitrogens is 2. The summed E-state index contributed by atoms with van der Waals surface area (Å²) >= 11 is 8.00. The van der Waals surface area contributed by atoms with Crippen LogP contribution in [0, 0.1) is 5.92 Å². The van der Waals surface area contributed by atoms with E-state index in [1.165, 1.54) is 0 Å². The molecule has 2 aliphatic heterocycles. The molecule has 0 spiro atoms. The van der Waals surface area contributed by atoms with Gasteiger partial charge in [-0.1, -0.05) is 51.4 Å². The van der Waals surface area contributed by atoms with Crippen LogP contribution >= 0.6 is 23.4 Å². The molecule has 1 fully saturated rings. The Morgan fingerprint density at radius 1 is 1.12 bits per heavy atom. The van der Waals surface area contributed by atoms with Crippen LogP contribution in [-0.2, 0) is 15.0 Å². The van der Waals surface area contributed by atoms with Gasteiger partial charge in [-0.15, -0.1) is 11.8 Å². The van der Waals surface area contributed by atoms with Crippen LogP contribution in [0.5, 0.6) is 5.75 Å². The van der Waals surface area contributed by atoms with Gasteiger partial charge in [-0.3, -0.25) is 14.5 Å². The highest BCUT2D eigenvalue weighted by molar-refractivity contribution is 8.00. The van der Waals surface area contributed by atoms with Crippen molar-refractivity contribution in [3.05, 3.63) is 70.4 Å². The molecule has 1 atom stereocenters. The maximum Gasteiger partial charge on any atom is 0.242 e. The molecule has 2 amide bonds. The van der Waals surface area contributed by atoms with Crippen molar-refractivity contribution in [2.75, 3.05) is 37.4 Å². The van der Waals surface area contributed by atoms with Crippen LogP contribution in [0.3, 0.4) is 0 Å². The number of amides is 2. The number of piperidine rings is 1. The zero-order valence-electron chi connectivity index (χ0n) is 23.8. The van der Waals surface area contributed by atoms with Gasteiger partial charge in [0.15, 0.2) is 0 Å². The van der Waals surface area contributed by atoms with E-state index in [1.807, 2.05) is 58.1 Å². The molecule has 7 nitrogen and oxygen atoms in total. The molecule has 3 heterocycles. The summed E-state index contributed by atoms with van der Waals surface area (Å²) in [6.07, 6.45) is 1.96. The van der Waals surface area contributed by atoms with Gasteiger partial charge in [0.25, 0.3) is 0 Å². The van der Waals surface area contributed by atoms with Crippen molar-refractivity contribution in [2.45, 2.75) is 51.2 Å². The fourth-order valence-electron chi connectivity index (χ4n) is 5.40. The van der Waals surface area contributed by atoms with Crippen LogP contribution < -0.4 is 9.64 Å². The van der Waals surface area contributed by atoms with Crippen LogP contribution in [0.2, 0.25) is 5.02 Å². The molecule has 0 aliphatic carbocycles. The van der Waals surface area contributed by atoms with E-state index in [0.717, 1.165) is 54.2 Å². The van der Waals surface area contributed by atoms with E-state index in [0.29, 0.717) is 16.8 Å². The Bertz CT molecular complexity index is 1390. The van der Waals surface area contributed by atoms with Gasteiger partial charge in [-0.2, -0.15) is 5.10 Å². The Morgan fingerprint density at radius 3 is 2.45 bits per heavy atom. The highest BCUT2D eigenvalue weighted by Crippen LogP contribution is 2.48. The molecule has 0 saturated carbocycles. The Balaban J connectivity index is 1.70. The molecule has 0 bridgehead atoms. The zero-order valence-corrected chi connectivity index (χ0v) is 25.4. The molecule has 5 rings (SSSR count). The Hall–Kier alpha value is -2.97. The van der Waals surface area contributed by atoms with Crippen LogP contribution in [0.25, 0.3) is 5.69 Å². The van der Waals surface area contributed by atoms with E-state index < -0.39 is 0 Å². The lowest BCUT2D eigenvalue weighted by Crippen LogP contribution is -2.46. The van der Waals surface area contributed by atoms with Gasteiger partial charge < -0.3 is 9.64 Å². The molecule has 1 unspecified atom stereocenters. The first-order valence-corrected chi connectivity index (χ1v) is 15.2. The number of benzene rings is 2. The van der Waals surface area contributed by atoms with E-state index in [-0.39, 0.29) is 34.8 Å². The van der Waals surface area contributed by atoms with Crippen LogP contribution in [0.1, 0.15) is 62.6 Å². The van der Waals surface area contributed by atoms with Gasteiger partial charge in [-0.25, -0.2) is 4.68 Å². The summed E-state index contributed by atoms with van der Waals surface area (Å²) in [6.45, 7) is 10.0. The van der Waals surface area contributed by atoms with Gasteiger partial charge in [-0.05, 0) is 60.7 Å². The predicted molar refractivity (Wildman–Crippen MR) is 162 cm³/mol. The van der Waals surface area contributed by atoms with Gasteiger partial charge in [0, 0.05) is 29.1 Å². The fourth-order valence-corrected chi connectivity index (χ4v) is 6.79. The molecule has 1 saturated heterocycles. The molecule has 2 aromatic carbocycles. The van der Waals surface area contributed by atoms with Crippen molar-refractivity contribution >= 4 is 41.0 Å². The molecular weight excluding hydrogens is 544 g/mol. The normalized spacial score (nSPS) is 18.4. The number of nitrogens with zero attached hydrogens (tertiary/aromatic N) is 4. The molecular formula is C31H37ClN4O3S. The maximum absolute atomic E-state index is 13.9. The summed E-state index contributed by atoms with van der Waals surface area (Å²) in [5, 5.41) is 5.61. The second kappa shape index (κ2) is 11.5. The molecule has 40 heavy (non-hydrogen) atoms. The van der Waals surface area contributed by atoms with Crippen molar-refractivity contribution in [1.82, 2.24) is 14.7 Å². The highest BCUT2D eigenvalue weighted by Gasteiger charge is 2.40. The van der Waals surface area contributed by atoms with Crippen molar-refractivity contribution in [3.63, 3.8) is 0 Å². The minimum atomic E-state index is -0.328. The number of anilines is 1. The molecule has 2 aliphatic rings. The number of likely N-dealkylation sites (tertiary alicyclic amines) is 1. The average Bonchev–Trinajstić information content (AvgIpc) is 3.26. The molecule has 1 aromatic heterocycles. The predicted octanol–water partition coefficient (Wildman–Crippen LogP) is 6.26. The lowest BCUT2D eigenvalue weighted by atomic mass is 9.87. The number of carbonyl (C=O) groups excluding carboxylic acids is 2. The summed E-state index contributed by atoms with van der Waals surface area (Å²) in [5.74, 6) is 2.09. The first kappa shape index (κ1) is 28.6. The van der Waals surface area contributed by atoms with Crippen LogP contribution in [0.15, 0.2) is 48.5 Å². The number of halogens is 1. The molecule has 0 radical (unpaired) electrons. The number of rotatable bonds is 5. The standard InChI is InChI=1S/C31H37ClN4O3S/c1-20-13-15-34(16-14-20)25(37)18-35-26(38)19-40-28(21-7-6-8-22(32)17-21)27-29(31(2,3)4)33-36(30(27)35)23-9-11-24(39-5)12-10-23/h6-12,17,20,28H,13-16,18-19H2,1-5H3. The van der Waals surface area contributed by atoms with E-state index in [2.05, 4.69) is 27.7 Å². The largest absolute Gasteiger partial charge is 0.497 e. The summed E-state index contributed by atoms with van der Waals surface area (Å²) in [6, 6.07) is 15.4. The quantitative estimate of drug-likeness (QED) is 0.356. The zero-order chi connectivity index (χ0) is 28.6. The number of thioether (sulfide) groups is 1. The Morgan fingerprint density at radius 2 is 1.82 bits per heavy atom. The van der Waals surface area contributed by atoms with Gasteiger partial charge in [0.2, 0.25) is 11.8 Å². The SMILES string of the molecule is COc1ccc(-n2nc(C(C)(C)C)c3c2N(CC(=O)N2CCC(C)CC2)C(=O)CSC3c2cccc(Cl)c2)cc1. The summed E-state index contributed by atoms with van der Waals surface area (Å²) in [5.41, 5.74) is 3.30. The second-order valence-corrected chi connectivity index (χ2v) is 13.3. The molecule has 3 aromatic rings. The Kier molecular flexibility index (Phi) is 8.20. The van der Waals surface area contributed by atoms with Crippen molar-refractivity contribution in [3.8, 4) is 11.4 Å². The Labute approximate surface area is 245 Å². The third kappa shape index (κ3) is 5.75. The number of methoxy groups -OCH3 is 1. The van der Waals surface area contributed by atoms with Crippen molar-refractivity contribution in [2.24, 2.45) is 5.92 Å². The number of ether oxygens (including phenoxy) is 1. The van der Waals surface area contributed by atoms with E-state index in [9.17, 15) is 9.59 Å². The van der Waals surface area contributed by atoms with Crippen LogP contribution in [0.4, 0.5) is 5.82 Å². The topological polar surface area (TPSA) is 67.7 Å². The van der Waals surface area contributed by atoms with E-state index in [4.69, 9.17) is 21.4 Å². The number of hydrogen-bond acceptors (Lipinski definition) is 5. The summed E-state index contributed by atoms with van der Waals surface area (Å²) in [4.78, 5) is 31.1. The van der Waals surface area contributed by atoms with Crippen LogP contribution in [-0.4, -0.2) is 59.0 Å². The lowest BCUT2D eigenvalue weighted by molar-refractivity contribution is -0.132. The van der Waals surface area contributed by atoms with Gasteiger partial charge in [0.05, 0.1) is 29.5 Å². The van der Waals surface area contributed by atoms with Gasteiger partial charge >= 0.3 is 0 Å². The minimum absolute atomic E-state index is 0.0194. The average molecular weight is 581 g/mol. The third-order valence-corrected chi connectivity index (χ3v) is 9.19.